The van der Waals surface area contributed by atoms with Crippen LogP contribution in [0.25, 0.3) is 22.2 Å². The SMILES string of the molecule is CCCCc1nc2cccc(C(=O)OC)c2n1Cc1ccc(-c2ccccc2S(=O)(=O)NC(=O)OCC)cc1. The number of para-hydroxylation sites is 1. The topological polar surface area (TPSA) is 117 Å². The van der Waals surface area contributed by atoms with Gasteiger partial charge in [0.15, 0.2) is 0 Å². The van der Waals surface area contributed by atoms with Crippen LogP contribution in [0.1, 0.15) is 48.4 Å². The lowest BCUT2D eigenvalue weighted by molar-refractivity contribution is 0.0602. The molecule has 3 aromatic carbocycles. The predicted molar refractivity (Wildman–Crippen MR) is 148 cm³/mol. The molecular weight excluding hydrogens is 518 g/mol. The minimum absolute atomic E-state index is 0.0315. The van der Waals surface area contributed by atoms with E-state index >= 15 is 0 Å². The van der Waals surface area contributed by atoms with Crippen LogP contribution in [0.5, 0.6) is 0 Å². The fraction of sp³-hybridized carbons (Fsp3) is 0.276. The van der Waals surface area contributed by atoms with Gasteiger partial charge in [-0.05, 0) is 42.7 Å². The van der Waals surface area contributed by atoms with Gasteiger partial charge in [0, 0.05) is 18.5 Å². The number of esters is 1. The quantitative estimate of drug-likeness (QED) is 0.266. The van der Waals surface area contributed by atoms with Crippen LogP contribution >= 0.6 is 0 Å². The number of hydrogen-bond donors (Lipinski definition) is 1. The number of hydrogen-bond acceptors (Lipinski definition) is 7. The molecular formula is C29H31N3O6S. The Morgan fingerprint density at radius 3 is 2.41 bits per heavy atom. The molecule has 0 saturated carbocycles. The minimum atomic E-state index is -4.15. The second-order valence-electron chi connectivity index (χ2n) is 8.90. The molecule has 0 unspecified atom stereocenters. The molecule has 0 spiro atoms. The lowest BCUT2D eigenvalue weighted by atomic mass is 10.0. The predicted octanol–water partition coefficient (Wildman–Crippen LogP) is 5.32. The number of amides is 1. The Balaban J connectivity index is 1.70. The van der Waals surface area contributed by atoms with Crippen molar-refractivity contribution in [2.24, 2.45) is 0 Å². The first-order chi connectivity index (χ1) is 18.8. The van der Waals surface area contributed by atoms with Gasteiger partial charge >= 0.3 is 12.1 Å². The van der Waals surface area contributed by atoms with Crippen LogP contribution < -0.4 is 4.72 Å². The van der Waals surface area contributed by atoms with Crippen LogP contribution in [0, 0.1) is 0 Å². The number of ether oxygens (including phenoxy) is 2. The first kappa shape index (κ1) is 27.8. The van der Waals surface area contributed by atoms with Crippen molar-refractivity contribution >= 4 is 33.1 Å². The van der Waals surface area contributed by atoms with Gasteiger partial charge in [0.25, 0.3) is 10.0 Å². The van der Waals surface area contributed by atoms with Crippen molar-refractivity contribution in [1.82, 2.24) is 14.3 Å². The summed E-state index contributed by atoms with van der Waals surface area (Å²) in [4.78, 5) is 29.1. The fourth-order valence-corrected chi connectivity index (χ4v) is 5.56. The Kier molecular flexibility index (Phi) is 8.65. The molecule has 0 radical (unpaired) electrons. The summed E-state index contributed by atoms with van der Waals surface area (Å²) in [6, 6.07) is 19.4. The molecule has 1 aromatic heterocycles. The van der Waals surface area contributed by atoms with Gasteiger partial charge in [-0.2, -0.15) is 0 Å². The van der Waals surface area contributed by atoms with E-state index in [0.29, 0.717) is 23.2 Å². The summed E-state index contributed by atoms with van der Waals surface area (Å²) >= 11 is 0. The number of nitrogens with zero attached hydrogens (tertiary/aromatic N) is 2. The normalized spacial score (nSPS) is 11.4. The monoisotopic (exact) mass is 549 g/mol. The van der Waals surface area contributed by atoms with Gasteiger partial charge in [-0.3, -0.25) is 0 Å². The summed E-state index contributed by atoms with van der Waals surface area (Å²) < 4.78 is 39.5. The van der Waals surface area contributed by atoms with E-state index in [1.165, 1.54) is 13.2 Å². The van der Waals surface area contributed by atoms with Crippen LogP contribution in [0.2, 0.25) is 0 Å². The van der Waals surface area contributed by atoms with Crippen molar-refractivity contribution in [1.29, 1.82) is 0 Å². The largest absolute Gasteiger partial charge is 0.465 e. The number of sulfonamides is 1. The lowest BCUT2D eigenvalue weighted by Gasteiger charge is -2.14. The number of aryl methyl sites for hydroxylation is 1. The first-order valence-electron chi connectivity index (χ1n) is 12.7. The van der Waals surface area contributed by atoms with Crippen molar-refractivity contribution in [3.8, 4) is 11.1 Å². The van der Waals surface area contributed by atoms with Crippen molar-refractivity contribution in [2.75, 3.05) is 13.7 Å². The summed E-state index contributed by atoms with van der Waals surface area (Å²) in [5, 5.41) is 0. The molecule has 1 N–H and O–H groups in total. The number of methoxy groups -OCH3 is 1. The van der Waals surface area contributed by atoms with E-state index in [9.17, 15) is 18.0 Å². The van der Waals surface area contributed by atoms with Crippen molar-refractivity contribution in [3.05, 3.63) is 83.7 Å². The van der Waals surface area contributed by atoms with Gasteiger partial charge in [0.05, 0.1) is 35.2 Å². The Bertz CT molecular complexity index is 1590. The summed E-state index contributed by atoms with van der Waals surface area (Å²) in [7, 11) is -2.79. The molecule has 0 fully saturated rings. The summed E-state index contributed by atoms with van der Waals surface area (Å²) in [6.45, 7) is 4.23. The molecule has 10 heteroatoms. The van der Waals surface area contributed by atoms with E-state index in [1.807, 2.05) is 39.6 Å². The Morgan fingerprint density at radius 1 is 0.974 bits per heavy atom. The highest BCUT2D eigenvalue weighted by Gasteiger charge is 2.23. The van der Waals surface area contributed by atoms with Gasteiger partial charge in [-0.1, -0.05) is 61.9 Å². The number of imidazole rings is 1. The van der Waals surface area contributed by atoms with Gasteiger partial charge < -0.3 is 14.0 Å². The lowest BCUT2D eigenvalue weighted by Crippen LogP contribution is -2.31. The molecule has 0 saturated heterocycles. The molecule has 0 aliphatic rings. The van der Waals surface area contributed by atoms with E-state index in [0.717, 1.165) is 41.7 Å². The van der Waals surface area contributed by atoms with Gasteiger partial charge in [-0.15, -0.1) is 0 Å². The van der Waals surface area contributed by atoms with Crippen LogP contribution in [0.15, 0.2) is 71.6 Å². The molecule has 0 atom stereocenters. The Morgan fingerprint density at radius 2 is 1.72 bits per heavy atom. The highest BCUT2D eigenvalue weighted by molar-refractivity contribution is 7.90. The average molecular weight is 550 g/mol. The smallest absolute Gasteiger partial charge is 0.421 e. The maximum atomic E-state index is 12.9. The second-order valence-corrected chi connectivity index (χ2v) is 10.6. The Labute approximate surface area is 227 Å². The maximum Gasteiger partial charge on any atom is 0.421 e. The number of unbranched alkanes of at least 4 members (excludes halogenated alkanes) is 1. The number of fused-ring (bicyclic) bond motifs is 1. The maximum absolute atomic E-state index is 12.9. The number of benzene rings is 3. The van der Waals surface area contributed by atoms with Gasteiger partial charge in [0.2, 0.25) is 0 Å². The number of rotatable bonds is 10. The number of carbonyl (C=O) groups excluding carboxylic acids is 2. The van der Waals surface area contributed by atoms with Crippen molar-refractivity contribution in [2.45, 2.75) is 44.6 Å². The zero-order chi connectivity index (χ0) is 28.0. The van der Waals surface area contributed by atoms with Crippen LogP contribution in [0.4, 0.5) is 4.79 Å². The Hall–Kier alpha value is -4.18. The first-order valence-corrected chi connectivity index (χ1v) is 14.2. The van der Waals surface area contributed by atoms with Gasteiger partial charge in [-0.25, -0.2) is 27.7 Å². The summed E-state index contributed by atoms with van der Waals surface area (Å²) in [5.41, 5.74) is 3.97. The van der Waals surface area contributed by atoms with Crippen molar-refractivity contribution in [3.63, 3.8) is 0 Å². The number of nitrogens with one attached hydrogen (secondary N) is 1. The second kappa shape index (κ2) is 12.1. The van der Waals surface area contributed by atoms with Crippen LogP contribution in [0.3, 0.4) is 0 Å². The van der Waals surface area contributed by atoms with Gasteiger partial charge in [0.1, 0.15) is 5.82 Å². The summed E-state index contributed by atoms with van der Waals surface area (Å²) in [6.07, 6.45) is 1.71. The molecule has 0 bridgehead atoms. The molecule has 9 nitrogen and oxygen atoms in total. The summed E-state index contributed by atoms with van der Waals surface area (Å²) in [5.74, 6) is 0.460. The number of carbonyl (C=O) groups is 2. The van der Waals surface area contributed by atoms with Crippen LogP contribution in [-0.4, -0.2) is 43.7 Å². The molecule has 4 rings (SSSR count). The van der Waals surface area contributed by atoms with E-state index in [4.69, 9.17) is 14.5 Å². The third kappa shape index (κ3) is 6.12. The molecule has 0 aliphatic carbocycles. The third-order valence-corrected chi connectivity index (χ3v) is 7.65. The zero-order valence-electron chi connectivity index (χ0n) is 22.1. The zero-order valence-corrected chi connectivity index (χ0v) is 23.0. The van der Waals surface area contributed by atoms with E-state index in [-0.39, 0.29) is 11.5 Å². The average Bonchev–Trinajstić information content (AvgIpc) is 3.28. The van der Waals surface area contributed by atoms with Crippen LogP contribution in [-0.2, 0) is 32.5 Å². The molecule has 1 heterocycles. The highest BCUT2D eigenvalue weighted by Crippen LogP contribution is 2.29. The van der Waals surface area contributed by atoms with E-state index in [2.05, 4.69) is 6.92 Å². The third-order valence-electron chi connectivity index (χ3n) is 6.28. The number of aromatic nitrogens is 2. The standard InChI is InChI=1S/C29H31N3O6S/c1-4-6-14-26-30-24-12-9-11-23(28(33)37-3)27(24)32(26)19-20-15-17-21(18-16-20)22-10-7-8-13-25(22)39(35,36)31-29(34)38-5-2/h7-13,15-18H,4-6,14,19H2,1-3H3,(H,31,34). The molecule has 0 aliphatic heterocycles. The molecule has 39 heavy (non-hydrogen) atoms. The molecule has 204 valence electrons. The van der Waals surface area contributed by atoms with E-state index < -0.39 is 22.1 Å². The van der Waals surface area contributed by atoms with Crippen molar-refractivity contribution < 1.29 is 27.5 Å². The molecule has 4 aromatic rings. The molecule has 1 amide bonds. The van der Waals surface area contributed by atoms with E-state index in [1.54, 1.807) is 37.3 Å². The fourth-order valence-electron chi connectivity index (χ4n) is 4.44. The minimum Gasteiger partial charge on any atom is -0.465 e. The highest BCUT2D eigenvalue weighted by atomic mass is 32.2.